The van der Waals surface area contributed by atoms with Crippen LogP contribution in [0.15, 0.2) is 5.38 Å². The second kappa shape index (κ2) is 6.90. The van der Waals surface area contributed by atoms with Gasteiger partial charge < -0.3 is 4.74 Å². The van der Waals surface area contributed by atoms with Gasteiger partial charge in [0.2, 0.25) is 0 Å². The van der Waals surface area contributed by atoms with Crippen LogP contribution in [-0.4, -0.2) is 24.2 Å². The summed E-state index contributed by atoms with van der Waals surface area (Å²) in [6.45, 7) is 5.52. The van der Waals surface area contributed by atoms with E-state index in [9.17, 15) is 0 Å². The van der Waals surface area contributed by atoms with Crippen LogP contribution < -0.4 is 11.3 Å². The Bertz CT molecular complexity index is 277. The Morgan fingerprint density at radius 3 is 3.00 bits per heavy atom. The molecule has 0 aliphatic heterocycles. The van der Waals surface area contributed by atoms with Gasteiger partial charge in [-0.15, -0.1) is 11.3 Å². The van der Waals surface area contributed by atoms with Crippen LogP contribution in [0.3, 0.4) is 0 Å². The molecule has 0 radical (unpaired) electrons. The number of aromatic nitrogens is 1. The van der Waals surface area contributed by atoms with Crippen LogP contribution in [0.5, 0.6) is 0 Å². The monoisotopic (exact) mass is 229 g/mol. The summed E-state index contributed by atoms with van der Waals surface area (Å²) in [7, 11) is 0. The van der Waals surface area contributed by atoms with Crippen molar-refractivity contribution in [3.05, 3.63) is 16.1 Å². The van der Waals surface area contributed by atoms with E-state index in [0.717, 1.165) is 30.2 Å². The van der Waals surface area contributed by atoms with E-state index in [1.165, 1.54) is 0 Å². The molecule has 0 aromatic carbocycles. The maximum absolute atomic E-state index is 5.46. The molecule has 1 aromatic rings. The van der Waals surface area contributed by atoms with E-state index in [-0.39, 0.29) is 6.04 Å². The summed E-state index contributed by atoms with van der Waals surface area (Å²) in [5.41, 5.74) is 3.83. The average Bonchev–Trinajstić information content (AvgIpc) is 2.63. The lowest BCUT2D eigenvalue weighted by Crippen LogP contribution is -2.40. The van der Waals surface area contributed by atoms with Crippen molar-refractivity contribution in [2.45, 2.75) is 32.7 Å². The fourth-order valence-corrected chi connectivity index (χ4v) is 2.10. The molecule has 5 heteroatoms. The summed E-state index contributed by atoms with van der Waals surface area (Å²) in [4.78, 5) is 4.39. The van der Waals surface area contributed by atoms with Crippen LogP contribution in [0.2, 0.25) is 0 Å². The highest BCUT2D eigenvalue weighted by molar-refractivity contribution is 7.09. The van der Waals surface area contributed by atoms with Crippen molar-refractivity contribution in [2.24, 2.45) is 5.84 Å². The third kappa shape index (κ3) is 4.70. The number of rotatable bonds is 7. The fourth-order valence-electron chi connectivity index (χ4n) is 1.24. The molecular weight excluding hydrogens is 210 g/mol. The Labute approximate surface area is 94.8 Å². The highest BCUT2D eigenvalue weighted by atomic mass is 32.1. The molecule has 0 spiro atoms. The van der Waals surface area contributed by atoms with Crippen LogP contribution in [0.1, 0.15) is 24.0 Å². The number of nitrogens with one attached hydrogen (secondary N) is 1. The van der Waals surface area contributed by atoms with Gasteiger partial charge in [-0.05, 0) is 13.3 Å². The van der Waals surface area contributed by atoms with Crippen LogP contribution >= 0.6 is 11.3 Å². The molecule has 1 unspecified atom stereocenters. The van der Waals surface area contributed by atoms with Crippen LogP contribution in [0.25, 0.3) is 0 Å². The first-order chi connectivity index (χ1) is 7.26. The molecule has 3 N–H and O–H groups in total. The van der Waals surface area contributed by atoms with Gasteiger partial charge in [-0.25, -0.2) is 4.98 Å². The first-order valence-corrected chi connectivity index (χ1v) is 6.09. The minimum atomic E-state index is 0.155. The number of nitrogens with zero attached hydrogens (tertiary/aromatic N) is 1. The Morgan fingerprint density at radius 2 is 2.47 bits per heavy atom. The van der Waals surface area contributed by atoms with E-state index in [4.69, 9.17) is 10.6 Å². The van der Waals surface area contributed by atoms with Crippen LogP contribution in [0, 0.1) is 6.92 Å². The Balaban J connectivity index is 2.33. The molecule has 0 fully saturated rings. The lowest BCUT2D eigenvalue weighted by atomic mass is 10.2. The van der Waals surface area contributed by atoms with Gasteiger partial charge >= 0.3 is 0 Å². The number of hydrogen-bond acceptors (Lipinski definition) is 5. The third-order valence-corrected chi connectivity index (χ3v) is 2.98. The van der Waals surface area contributed by atoms with E-state index in [1.54, 1.807) is 11.3 Å². The topological polar surface area (TPSA) is 60.2 Å². The molecule has 1 atom stereocenters. The molecule has 0 saturated heterocycles. The first kappa shape index (κ1) is 12.6. The zero-order valence-corrected chi connectivity index (χ0v) is 10.1. The second-order valence-corrected chi connectivity index (χ2v) is 4.47. The Hall–Kier alpha value is -0.490. The SMILES string of the molecule is CCCOCC(Cc1nc(C)cs1)NN. The lowest BCUT2D eigenvalue weighted by molar-refractivity contribution is 0.112. The lowest BCUT2D eigenvalue weighted by Gasteiger charge is -2.14. The molecule has 15 heavy (non-hydrogen) atoms. The standard InChI is InChI=1S/C10H19N3OS/c1-3-4-14-6-9(13-11)5-10-12-8(2)7-15-10/h7,9,13H,3-6,11H2,1-2H3. The van der Waals surface area contributed by atoms with Crippen molar-refractivity contribution < 1.29 is 4.74 Å². The molecular formula is C10H19N3OS. The largest absolute Gasteiger partial charge is 0.380 e. The molecule has 0 aliphatic carbocycles. The van der Waals surface area contributed by atoms with E-state index < -0.39 is 0 Å². The second-order valence-electron chi connectivity index (χ2n) is 3.53. The van der Waals surface area contributed by atoms with Crippen molar-refractivity contribution in [2.75, 3.05) is 13.2 Å². The van der Waals surface area contributed by atoms with E-state index in [2.05, 4.69) is 22.7 Å². The van der Waals surface area contributed by atoms with Gasteiger partial charge in [-0.1, -0.05) is 6.92 Å². The predicted molar refractivity (Wildman–Crippen MR) is 62.8 cm³/mol. The molecule has 86 valence electrons. The predicted octanol–water partition coefficient (Wildman–Crippen LogP) is 1.25. The van der Waals surface area contributed by atoms with Crippen molar-refractivity contribution in [3.8, 4) is 0 Å². The van der Waals surface area contributed by atoms with Crippen molar-refractivity contribution in [3.63, 3.8) is 0 Å². The van der Waals surface area contributed by atoms with Gasteiger partial charge in [0.15, 0.2) is 0 Å². The Morgan fingerprint density at radius 1 is 1.67 bits per heavy atom. The minimum Gasteiger partial charge on any atom is -0.380 e. The van der Waals surface area contributed by atoms with Gasteiger partial charge in [0.25, 0.3) is 0 Å². The highest BCUT2D eigenvalue weighted by Crippen LogP contribution is 2.10. The maximum Gasteiger partial charge on any atom is 0.0945 e. The zero-order chi connectivity index (χ0) is 11.1. The van der Waals surface area contributed by atoms with E-state index in [1.807, 2.05) is 6.92 Å². The van der Waals surface area contributed by atoms with E-state index >= 15 is 0 Å². The normalized spacial score (nSPS) is 13.0. The van der Waals surface area contributed by atoms with Crippen molar-refractivity contribution in [1.82, 2.24) is 10.4 Å². The number of hydrogen-bond donors (Lipinski definition) is 2. The molecule has 4 nitrogen and oxygen atoms in total. The first-order valence-electron chi connectivity index (χ1n) is 5.21. The fraction of sp³-hybridized carbons (Fsp3) is 0.700. The molecule has 0 saturated carbocycles. The highest BCUT2D eigenvalue weighted by Gasteiger charge is 2.10. The van der Waals surface area contributed by atoms with Gasteiger partial charge in [0, 0.05) is 24.1 Å². The van der Waals surface area contributed by atoms with Gasteiger partial charge in [-0.3, -0.25) is 11.3 Å². The molecule has 1 heterocycles. The minimum absolute atomic E-state index is 0.155. The van der Waals surface area contributed by atoms with Crippen molar-refractivity contribution in [1.29, 1.82) is 0 Å². The molecule has 1 aromatic heterocycles. The average molecular weight is 229 g/mol. The number of nitrogens with two attached hydrogens (primary N) is 1. The summed E-state index contributed by atoms with van der Waals surface area (Å²) < 4.78 is 5.45. The smallest absolute Gasteiger partial charge is 0.0945 e. The Kier molecular flexibility index (Phi) is 5.78. The number of aryl methyl sites for hydroxylation is 1. The van der Waals surface area contributed by atoms with E-state index in [0.29, 0.717) is 6.61 Å². The van der Waals surface area contributed by atoms with Crippen molar-refractivity contribution >= 4 is 11.3 Å². The molecule has 0 aliphatic rings. The maximum atomic E-state index is 5.46. The number of ether oxygens (including phenoxy) is 1. The van der Waals surface area contributed by atoms with Crippen LogP contribution in [-0.2, 0) is 11.2 Å². The molecule has 0 amide bonds. The van der Waals surface area contributed by atoms with Gasteiger partial charge in [-0.2, -0.15) is 0 Å². The summed E-state index contributed by atoms with van der Waals surface area (Å²) >= 11 is 1.67. The quantitative estimate of drug-likeness (QED) is 0.420. The summed E-state index contributed by atoms with van der Waals surface area (Å²) in [5.74, 6) is 5.46. The van der Waals surface area contributed by atoms with Crippen LogP contribution in [0.4, 0.5) is 0 Å². The summed E-state index contributed by atoms with van der Waals surface area (Å²) in [5, 5.41) is 3.16. The zero-order valence-electron chi connectivity index (χ0n) is 9.32. The number of thiazole rings is 1. The number of hydrazine groups is 1. The van der Waals surface area contributed by atoms with Gasteiger partial charge in [0.1, 0.15) is 0 Å². The summed E-state index contributed by atoms with van der Waals surface area (Å²) in [6.07, 6.45) is 1.87. The summed E-state index contributed by atoms with van der Waals surface area (Å²) in [6, 6.07) is 0.155. The molecule has 1 rings (SSSR count). The molecule has 0 bridgehead atoms. The third-order valence-electron chi connectivity index (χ3n) is 1.99. The van der Waals surface area contributed by atoms with Gasteiger partial charge in [0.05, 0.1) is 17.7 Å².